The molecule has 0 atom stereocenters. The number of thioether (sulfide) groups is 1. The van der Waals surface area contributed by atoms with Crippen molar-refractivity contribution in [2.24, 2.45) is 0 Å². The van der Waals surface area contributed by atoms with E-state index in [0.717, 1.165) is 11.5 Å². The maximum absolute atomic E-state index is 5.44. The molecular formula is C13H13N5O2S. The number of nitrogens with zero attached hydrogens (tertiary/aromatic N) is 4. The first-order valence-electron chi connectivity index (χ1n) is 6.28. The topological polar surface area (TPSA) is 93.6 Å². The maximum Gasteiger partial charge on any atom is 0.237 e. The van der Waals surface area contributed by atoms with Crippen LogP contribution < -0.4 is 0 Å². The van der Waals surface area contributed by atoms with Crippen LogP contribution in [0.2, 0.25) is 0 Å². The summed E-state index contributed by atoms with van der Waals surface area (Å²) in [6.45, 7) is 3.68. The Labute approximate surface area is 124 Å². The Morgan fingerprint density at radius 3 is 2.86 bits per heavy atom. The number of rotatable bonds is 5. The van der Waals surface area contributed by atoms with E-state index >= 15 is 0 Å². The minimum Gasteiger partial charge on any atom is -0.462 e. The van der Waals surface area contributed by atoms with E-state index in [2.05, 4.69) is 25.3 Å². The predicted octanol–water partition coefficient (Wildman–Crippen LogP) is 2.86. The average Bonchev–Trinajstić information content (AvgIpc) is 3.16. The zero-order valence-electron chi connectivity index (χ0n) is 11.5. The molecule has 1 N–H and O–H groups in total. The molecule has 0 unspecified atom stereocenters. The minimum absolute atomic E-state index is 0.541. The molecule has 108 valence electrons. The van der Waals surface area contributed by atoms with Crippen molar-refractivity contribution in [3.05, 3.63) is 41.2 Å². The Balaban J connectivity index is 1.59. The molecule has 8 heteroatoms. The molecular weight excluding hydrogens is 290 g/mol. The fraction of sp³-hybridized carbons (Fsp3) is 0.231. The Kier molecular flexibility index (Phi) is 3.87. The van der Waals surface area contributed by atoms with Crippen LogP contribution in [0, 0.1) is 13.8 Å². The van der Waals surface area contributed by atoms with Gasteiger partial charge in [0.25, 0.3) is 0 Å². The van der Waals surface area contributed by atoms with E-state index in [1.807, 2.05) is 31.2 Å². The van der Waals surface area contributed by atoms with Crippen LogP contribution in [0.5, 0.6) is 0 Å². The van der Waals surface area contributed by atoms with Crippen LogP contribution in [0.25, 0.3) is 12.2 Å². The quantitative estimate of drug-likeness (QED) is 0.724. The Bertz CT molecular complexity index is 758. The van der Waals surface area contributed by atoms with Gasteiger partial charge >= 0.3 is 0 Å². The zero-order chi connectivity index (χ0) is 14.7. The van der Waals surface area contributed by atoms with E-state index in [9.17, 15) is 0 Å². The average molecular weight is 303 g/mol. The normalized spacial score (nSPS) is 11.5. The number of furan rings is 1. The third-order valence-corrected chi connectivity index (χ3v) is 3.38. The van der Waals surface area contributed by atoms with Crippen LogP contribution in [0.3, 0.4) is 0 Å². The summed E-state index contributed by atoms with van der Waals surface area (Å²) >= 11 is 1.43. The minimum atomic E-state index is 0.541. The molecule has 0 spiro atoms. The molecule has 0 amide bonds. The molecule has 0 aromatic carbocycles. The fourth-order valence-electron chi connectivity index (χ4n) is 1.63. The monoisotopic (exact) mass is 303 g/mol. The van der Waals surface area contributed by atoms with Gasteiger partial charge < -0.3 is 8.94 Å². The van der Waals surface area contributed by atoms with Gasteiger partial charge in [-0.3, -0.25) is 5.10 Å². The number of nitrogens with one attached hydrogen (secondary N) is 1. The van der Waals surface area contributed by atoms with Crippen molar-refractivity contribution in [2.75, 3.05) is 0 Å². The summed E-state index contributed by atoms with van der Waals surface area (Å²) < 4.78 is 10.5. The molecule has 0 bridgehead atoms. The van der Waals surface area contributed by atoms with Crippen LogP contribution in [0.4, 0.5) is 0 Å². The van der Waals surface area contributed by atoms with Gasteiger partial charge in [0.2, 0.25) is 11.0 Å². The number of H-pyrrole nitrogens is 1. The van der Waals surface area contributed by atoms with Crippen molar-refractivity contribution in [3.63, 3.8) is 0 Å². The highest BCUT2D eigenvalue weighted by Gasteiger charge is 2.07. The molecule has 0 radical (unpaired) electrons. The first kappa shape index (κ1) is 13.6. The molecule has 0 aliphatic rings. The number of hydrogen-bond donors (Lipinski definition) is 1. The third-order valence-electron chi connectivity index (χ3n) is 2.54. The second-order valence-corrected chi connectivity index (χ2v) is 5.25. The highest BCUT2D eigenvalue weighted by molar-refractivity contribution is 7.98. The van der Waals surface area contributed by atoms with Gasteiger partial charge in [-0.25, -0.2) is 4.98 Å². The standard InChI is InChI=1S/C13H13N5O2S/c1-8-3-4-10(19-8)5-6-11-15-13(17-16-11)21-7-12-14-9(2)18-20-12/h3-6H,7H2,1-2H3,(H,15,16,17)/b6-5+. The van der Waals surface area contributed by atoms with Crippen LogP contribution in [-0.4, -0.2) is 25.3 Å². The molecule has 0 fully saturated rings. The van der Waals surface area contributed by atoms with Crippen molar-refractivity contribution in [3.8, 4) is 0 Å². The highest BCUT2D eigenvalue weighted by atomic mass is 32.2. The van der Waals surface area contributed by atoms with E-state index in [4.69, 9.17) is 8.94 Å². The summed E-state index contributed by atoms with van der Waals surface area (Å²) in [5.41, 5.74) is 0. The van der Waals surface area contributed by atoms with E-state index in [0.29, 0.717) is 28.4 Å². The Morgan fingerprint density at radius 1 is 1.24 bits per heavy atom. The number of aromatic nitrogens is 5. The number of hydrogen-bond acceptors (Lipinski definition) is 7. The van der Waals surface area contributed by atoms with Gasteiger partial charge in [0.15, 0.2) is 5.82 Å². The summed E-state index contributed by atoms with van der Waals surface area (Å²) in [6, 6.07) is 3.81. The molecule has 3 aromatic rings. The highest BCUT2D eigenvalue weighted by Crippen LogP contribution is 2.18. The summed E-state index contributed by atoms with van der Waals surface area (Å²) in [4.78, 5) is 8.45. The van der Waals surface area contributed by atoms with Gasteiger partial charge in [-0.2, -0.15) is 4.98 Å². The summed E-state index contributed by atoms with van der Waals surface area (Å²) in [5, 5.41) is 11.3. The van der Waals surface area contributed by atoms with Gasteiger partial charge in [-0.05, 0) is 38.1 Å². The lowest BCUT2D eigenvalue weighted by atomic mass is 10.4. The van der Waals surface area contributed by atoms with E-state index in [1.54, 1.807) is 6.92 Å². The maximum atomic E-state index is 5.44. The van der Waals surface area contributed by atoms with Crippen molar-refractivity contribution >= 4 is 23.9 Å². The summed E-state index contributed by atoms with van der Waals surface area (Å²) in [5.74, 6) is 4.04. The van der Waals surface area contributed by atoms with Gasteiger partial charge in [0, 0.05) is 0 Å². The van der Waals surface area contributed by atoms with Gasteiger partial charge in [0.05, 0.1) is 5.75 Å². The lowest BCUT2D eigenvalue weighted by Crippen LogP contribution is -1.82. The molecule has 0 aliphatic carbocycles. The molecule has 7 nitrogen and oxygen atoms in total. The van der Waals surface area contributed by atoms with Gasteiger partial charge in [0.1, 0.15) is 17.3 Å². The summed E-state index contributed by atoms with van der Waals surface area (Å²) in [6.07, 6.45) is 3.65. The van der Waals surface area contributed by atoms with Crippen LogP contribution in [0.15, 0.2) is 26.2 Å². The van der Waals surface area contributed by atoms with Crippen LogP contribution >= 0.6 is 11.8 Å². The van der Waals surface area contributed by atoms with Crippen LogP contribution in [-0.2, 0) is 5.75 Å². The van der Waals surface area contributed by atoms with E-state index in [1.165, 1.54) is 11.8 Å². The molecule has 0 aliphatic heterocycles. The van der Waals surface area contributed by atoms with E-state index in [-0.39, 0.29) is 0 Å². The molecule has 21 heavy (non-hydrogen) atoms. The molecule has 3 heterocycles. The lowest BCUT2D eigenvalue weighted by molar-refractivity contribution is 0.387. The lowest BCUT2D eigenvalue weighted by Gasteiger charge is -1.88. The van der Waals surface area contributed by atoms with E-state index < -0.39 is 0 Å². The fourth-order valence-corrected chi connectivity index (χ4v) is 2.27. The summed E-state index contributed by atoms with van der Waals surface area (Å²) in [7, 11) is 0. The second kappa shape index (κ2) is 5.96. The number of aromatic amines is 1. The van der Waals surface area contributed by atoms with Gasteiger partial charge in [-0.15, -0.1) is 5.10 Å². The first-order valence-corrected chi connectivity index (χ1v) is 7.26. The largest absolute Gasteiger partial charge is 0.462 e. The first-order chi connectivity index (χ1) is 10.2. The third kappa shape index (κ3) is 3.60. The molecule has 0 saturated carbocycles. The van der Waals surface area contributed by atoms with Crippen molar-refractivity contribution < 1.29 is 8.94 Å². The number of aryl methyl sites for hydroxylation is 2. The second-order valence-electron chi connectivity index (χ2n) is 4.31. The Morgan fingerprint density at radius 2 is 2.14 bits per heavy atom. The molecule has 0 saturated heterocycles. The zero-order valence-corrected chi connectivity index (χ0v) is 12.3. The molecule has 3 rings (SSSR count). The smallest absolute Gasteiger partial charge is 0.237 e. The Hall–Kier alpha value is -2.35. The van der Waals surface area contributed by atoms with Crippen molar-refractivity contribution in [1.29, 1.82) is 0 Å². The van der Waals surface area contributed by atoms with Crippen LogP contribution in [0.1, 0.15) is 29.1 Å². The van der Waals surface area contributed by atoms with Gasteiger partial charge in [-0.1, -0.05) is 16.9 Å². The SMILES string of the molecule is Cc1noc(CSc2n[nH]c(/C=C/c3ccc(C)o3)n2)n1. The molecule has 3 aromatic heterocycles. The van der Waals surface area contributed by atoms with Crippen molar-refractivity contribution in [1.82, 2.24) is 25.3 Å². The van der Waals surface area contributed by atoms with Crippen molar-refractivity contribution in [2.45, 2.75) is 24.8 Å². The predicted molar refractivity (Wildman–Crippen MR) is 77.4 cm³/mol.